The SMILES string of the molecule is COc1ccc(CN2C(=O)c3ccccc3C2=O)cc1C(=O)Nc1ccc(-n2cncn2)cc1. The van der Waals surface area contributed by atoms with E-state index in [-0.39, 0.29) is 29.8 Å². The molecule has 168 valence electrons. The number of amides is 3. The number of fused-ring (bicyclic) bond motifs is 1. The Morgan fingerprint density at radius 1 is 0.971 bits per heavy atom. The molecule has 5 rings (SSSR count). The van der Waals surface area contributed by atoms with Crippen molar-refractivity contribution in [3.63, 3.8) is 0 Å². The van der Waals surface area contributed by atoms with Crippen LogP contribution in [0.4, 0.5) is 5.69 Å². The molecular formula is C25H19N5O4. The average Bonchev–Trinajstić information content (AvgIpc) is 3.49. The van der Waals surface area contributed by atoms with Gasteiger partial charge in [0.2, 0.25) is 0 Å². The van der Waals surface area contributed by atoms with E-state index >= 15 is 0 Å². The van der Waals surface area contributed by atoms with Gasteiger partial charge in [0.25, 0.3) is 17.7 Å². The Balaban J connectivity index is 1.35. The second-order valence-electron chi connectivity index (χ2n) is 7.62. The highest BCUT2D eigenvalue weighted by Crippen LogP contribution is 2.27. The Kier molecular flexibility index (Phi) is 5.35. The number of nitrogens with one attached hydrogen (secondary N) is 1. The number of imide groups is 1. The van der Waals surface area contributed by atoms with E-state index in [2.05, 4.69) is 15.4 Å². The predicted molar refractivity (Wildman–Crippen MR) is 123 cm³/mol. The van der Waals surface area contributed by atoms with E-state index < -0.39 is 0 Å². The van der Waals surface area contributed by atoms with Gasteiger partial charge in [-0.05, 0) is 54.1 Å². The second-order valence-corrected chi connectivity index (χ2v) is 7.62. The molecule has 9 heteroatoms. The van der Waals surface area contributed by atoms with Gasteiger partial charge < -0.3 is 10.1 Å². The monoisotopic (exact) mass is 453 g/mol. The zero-order chi connectivity index (χ0) is 23.7. The number of ether oxygens (including phenoxy) is 1. The Bertz CT molecular complexity index is 1360. The van der Waals surface area contributed by atoms with Gasteiger partial charge in [-0.2, -0.15) is 5.10 Å². The Morgan fingerprint density at radius 3 is 2.29 bits per heavy atom. The number of aromatic nitrogens is 3. The summed E-state index contributed by atoms with van der Waals surface area (Å²) in [4.78, 5) is 43.5. The molecule has 0 atom stereocenters. The average molecular weight is 453 g/mol. The molecule has 0 spiro atoms. The number of carbonyl (C=O) groups is 3. The third-order valence-corrected chi connectivity index (χ3v) is 5.54. The van der Waals surface area contributed by atoms with Crippen LogP contribution < -0.4 is 10.1 Å². The highest BCUT2D eigenvalue weighted by molar-refractivity contribution is 6.21. The van der Waals surface area contributed by atoms with Crippen molar-refractivity contribution in [2.75, 3.05) is 12.4 Å². The lowest BCUT2D eigenvalue weighted by atomic mass is 10.1. The van der Waals surface area contributed by atoms with Gasteiger partial charge in [0.15, 0.2) is 0 Å². The molecule has 3 amide bonds. The van der Waals surface area contributed by atoms with E-state index in [1.165, 1.54) is 18.3 Å². The van der Waals surface area contributed by atoms with Crippen molar-refractivity contribution in [3.8, 4) is 11.4 Å². The maximum atomic E-state index is 13.0. The Hall–Kier alpha value is -4.79. The molecule has 34 heavy (non-hydrogen) atoms. The Labute approximate surface area is 194 Å². The molecule has 1 aliphatic rings. The summed E-state index contributed by atoms with van der Waals surface area (Å²) < 4.78 is 6.97. The number of hydrogen-bond donors (Lipinski definition) is 1. The highest BCUT2D eigenvalue weighted by Gasteiger charge is 2.35. The molecule has 0 saturated heterocycles. The van der Waals surface area contributed by atoms with Crippen LogP contribution in [0.25, 0.3) is 5.69 Å². The van der Waals surface area contributed by atoms with Crippen LogP contribution in [0, 0.1) is 0 Å². The van der Waals surface area contributed by atoms with Crippen molar-refractivity contribution < 1.29 is 19.1 Å². The Morgan fingerprint density at radius 2 is 1.68 bits per heavy atom. The van der Waals surface area contributed by atoms with Crippen LogP contribution >= 0.6 is 0 Å². The highest BCUT2D eigenvalue weighted by atomic mass is 16.5. The zero-order valence-electron chi connectivity index (χ0n) is 18.1. The molecule has 4 aromatic rings. The minimum absolute atomic E-state index is 0.0449. The molecule has 0 unspecified atom stereocenters. The first kappa shape index (κ1) is 21.1. The van der Waals surface area contributed by atoms with Crippen LogP contribution in [0.3, 0.4) is 0 Å². The van der Waals surface area contributed by atoms with E-state index in [9.17, 15) is 14.4 Å². The molecule has 0 bridgehead atoms. The maximum Gasteiger partial charge on any atom is 0.261 e. The molecule has 1 N–H and O–H groups in total. The van der Waals surface area contributed by atoms with Gasteiger partial charge in [-0.25, -0.2) is 9.67 Å². The van der Waals surface area contributed by atoms with E-state index in [1.807, 2.05) is 0 Å². The topological polar surface area (TPSA) is 106 Å². The number of benzene rings is 3. The van der Waals surface area contributed by atoms with Crippen molar-refractivity contribution in [3.05, 3.63) is 102 Å². The molecule has 0 aliphatic carbocycles. The summed E-state index contributed by atoms with van der Waals surface area (Å²) in [5, 5.41) is 6.92. The molecule has 1 aromatic heterocycles. The third kappa shape index (κ3) is 3.79. The largest absolute Gasteiger partial charge is 0.496 e. The van der Waals surface area contributed by atoms with E-state index in [0.29, 0.717) is 28.1 Å². The zero-order valence-corrected chi connectivity index (χ0v) is 18.1. The van der Waals surface area contributed by atoms with E-state index in [0.717, 1.165) is 5.69 Å². The standard InChI is InChI=1S/C25H19N5O4/c1-34-22-11-6-16(13-29-24(32)19-4-2-3-5-20(19)25(29)33)12-21(22)23(31)28-17-7-9-18(10-8-17)30-15-26-14-27-30/h2-12,14-15H,13H2,1H3,(H,28,31). The first-order chi connectivity index (χ1) is 16.5. The summed E-state index contributed by atoms with van der Waals surface area (Å²) in [5.74, 6) is -0.706. The van der Waals surface area contributed by atoms with Crippen LogP contribution in [0.2, 0.25) is 0 Å². The molecule has 1 aliphatic heterocycles. The number of carbonyl (C=O) groups excluding carboxylic acids is 3. The van der Waals surface area contributed by atoms with E-state index in [4.69, 9.17) is 4.74 Å². The van der Waals surface area contributed by atoms with Gasteiger partial charge in [-0.3, -0.25) is 19.3 Å². The maximum absolute atomic E-state index is 13.0. The normalized spacial score (nSPS) is 12.6. The lowest BCUT2D eigenvalue weighted by Gasteiger charge is -2.16. The van der Waals surface area contributed by atoms with Gasteiger partial charge in [0.1, 0.15) is 18.4 Å². The lowest BCUT2D eigenvalue weighted by molar-refractivity contribution is 0.0642. The second kappa shape index (κ2) is 8.62. The van der Waals surface area contributed by atoms with Crippen molar-refractivity contribution in [1.29, 1.82) is 0 Å². The summed E-state index contributed by atoms with van der Waals surface area (Å²) in [5.41, 5.74) is 3.07. The van der Waals surface area contributed by atoms with Gasteiger partial charge in [-0.15, -0.1) is 0 Å². The van der Waals surface area contributed by atoms with Crippen molar-refractivity contribution in [2.45, 2.75) is 6.54 Å². The molecule has 2 heterocycles. The van der Waals surface area contributed by atoms with Crippen LogP contribution in [0.1, 0.15) is 36.6 Å². The van der Waals surface area contributed by atoms with Crippen molar-refractivity contribution >= 4 is 23.4 Å². The molecule has 0 radical (unpaired) electrons. The van der Waals surface area contributed by atoms with Crippen LogP contribution in [0.15, 0.2) is 79.4 Å². The van der Waals surface area contributed by atoms with Crippen molar-refractivity contribution in [2.24, 2.45) is 0 Å². The first-order valence-corrected chi connectivity index (χ1v) is 10.4. The molecule has 3 aromatic carbocycles. The molecule has 0 fully saturated rings. The lowest BCUT2D eigenvalue weighted by Crippen LogP contribution is -2.29. The van der Waals surface area contributed by atoms with Crippen LogP contribution in [-0.2, 0) is 6.54 Å². The smallest absolute Gasteiger partial charge is 0.261 e. The van der Waals surface area contributed by atoms with Gasteiger partial charge in [-0.1, -0.05) is 18.2 Å². The van der Waals surface area contributed by atoms with Gasteiger partial charge >= 0.3 is 0 Å². The fourth-order valence-electron chi connectivity index (χ4n) is 3.83. The quantitative estimate of drug-likeness (QED) is 0.449. The van der Waals surface area contributed by atoms with Crippen LogP contribution in [-0.4, -0.2) is 44.5 Å². The number of rotatable bonds is 6. The molecule has 0 saturated carbocycles. The number of nitrogens with zero attached hydrogens (tertiary/aromatic N) is 4. The van der Waals surface area contributed by atoms with E-state index in [1.54, 1.807) is 77.7 Å². The minimum atomic E-state index is -0.380. The summed E-state index contributed by atoms with van der Waals surface area (Å²) in [6.45, 7) is 0.0449. The van der Waals surface area contributed by atoms with Crippen molar-refractivity contribution in [1.82, 2.24) is 19.7 Å². The molecule has 9 nitrogen and oxygen atoms in total. The fraction of sp³-hybridized carbons (Fsp3) is 0.0800. The number of hydrogen-bond acceptors (Lipinski definition) is 6. The number of anilines is 1. The molecular weight excluding hydrogens is 434 g/mol. The summed E-state index contributed by atoms with van der Waals surface area (Å²) in [6, 6.07) is 18.8. The summed E-state index contributed by atoms with van der Waals surface area (Å²) >= 11 is 0. The van der Waals surface area contributed by atoms with Gasteiger partial charge in [0.05, 0.1) is 36.0 Å². The fourth-order valence-corrected chi connectivity index (χ4v) is 3.83. The van der Waals surface area contributed by atoms with Crippen LogP contribution in [0.5, 0.6) is 5.75 Å². The number of methoxy groups -OCH3 is 1. The predicted octanol–water partition coefficient (Wildman–Crippen LogP) is 3.32. The first-order valence-electron chi connectivity index (χ1n) is 10.4. The summed E-state index contributed by atoms with van der Waals surface area (Å²) in [6.07, 6.45) is 3.02. The third-order valence-electron chi connectivity index (χ3n) is 5.54. The summed E-state index contributed by atoms with van der Waals surface area (Å²) in [7, 11) is 1.48. The minimum Gasteiger partial charge on any atom is -0.496 e. The van der Waals surface area contributed by atoms with Gasteiger partial charge in [0, 0.05) is 5.69 Å².